The molecule has 3 rings (SSSR count). The highest BCUT2D eigenvalue weighted by Crippen LogP contribution is 2.27. The van der Waals surface area contributed by atoms with Gasteiger partial charge >= 0.3 is 0 Å². The van der Waals surface area contributed by atoms with Crippen LogP contribution in [0.2, 0.25) is 0 Å². The number of rotatable bonds is 5. The minimum Gasteiger partial charge on any atom is -0.394 e. The number of hydrogen-bond donors (Lipinski definition) is 5. The summed E-state index contributed by atoms with van der Waals surface area (Å²) in [4.78, 5) is 8.43. The summed E-state index contributed by atoms with van der Waals surface area (Å²) in [6, 6.07) is 6.98. The zero-order chi connectivity index (χ0) is 16.4. The fourth-order valence-electron chi connectivity index (χ4n) is 2.34. The fourth-order valence-corrected chi connectivity index (χ4v) is 2.34. The van der Waals surface area contributed by atoms with Crippen LogP contribution in [0.1, 0.15) is 6.92 Å². The normalized spacial score (nSPS) is 13.9. The van der Waals surface area contributed by atoms with E-state index >= 15 is 0 Å². The first-order chi connectivity index (χ1) is 11.1. The molecule has 0 saturated heterocycles. The molecule has 1 aromatic carbocycles. The molecule has 120 valence electrons. The van der Waals surface area contributed by atoms with Crippen molar-refractivity contribution < 1.29 is 10.2 Å². The summed E-state index contributed by atoms with van der Waals surface area (Å²) in [6.45, 7) is 1.37. The lowest BCUT2D eigenvalue weighted by Crippen LogP contribution is -2.35. The SMILES string of the molecule is C[C@@H](O)[C@@H](CO)Nc1nc(N)nc2cc(-c3ccn[nH]3)ccc12. The Morgan fingerprint density at radius 1 is 1.30 bits per heavy atom. The van der Waals surface area contributed by atoms with Gasteiger partial charge in [0.15, 0.2) is 0 Å². The van der Waals surface area contributed by atoms with Gasteiger partial charge in [0.05, 0.1) is 30.0 Å². The summed E-state index contributed by atoms with van der Waals surface area (Å²) >= 11 is 0. The number of aliphatic hydroxyl groups is 2. The Labute approximate surface area is 132 Å². The van der Waals surface area contributed by atoms with Crippen LogP contribution in [0.3, 0.4) is 0 Å². The van der Waals surface area contributed by atoms with E-state index in [1.165, 1.54) is 0 Å². The van der Waals surface area contributed by atoms with E-state index in [-0.39, 0.29) is 12.6 Å². The number of fused-ring (bicyclic) bond motifs is 1. The third-order valence-electron chi connectivity index (χ3n) is 3.63. The monoisotopic (exact) mass is 314 g/mol. The summed E-state index contributed by atoms with van der Waals surface area (Å²) in [7, 11) is 0. The highest BCUT2D eigenvalue weighted by Gasteiger charge is 2.16. The molecule has 0 amide bonds. The van der Waals surface area contributed by atoms with Gasteiger partial charge in [0.25, 0.3) is 0 Å². The first kappa shape index (κ1) is 15.2. The van der Waals surface area contributed by atoms with Crippen molar-refractivity contribution in [2.75, 3.05) is 17.7 Å². The van der Waals surface area contributed by atoms with Crippen molar-refractivity contribution in [2.24, 2.45) is 0 Å². The second-order valence-electron chi connectivity index (χ2n) is 5.31. The maximum Gasteiger partial charge on any atom is 0.222 e. The molecule has 0 radical (unpaired) electrons. The molecule has 0 aliphatic heterocycles. The molecule has 2 aromatic heterocycles. The zero-order valence-corrected chi connectivity index (χ0v) is 12.6. The van der Waals surface area contributed by atoms with Gasteiger partial charge in [-0.15, -0.1) is 0 Å². The van der Waals surface area contributed by atoms with Gasteiger partial charge in [-0.2, -0.15) is 10.1 Å². The molecule has 0 bridgehead atoms. The third kappa shape index (κ3) is 3.08. The summed E-state index contributed by atoms with van der Waals surface area (Å²) in [6.07, 6.45) is 0.936. The minimum absolute atomic E-state index is 0.115. The van der Waals surface area contributed by atoms with Crippen LogP contribution in [0.15, 0.2) is 30.5 Å². The molecule has 2 heterocycles. The predicted octanol–water partition coefficient (Wildman–Crippen LogP) is 0.756. The average Bonchev–Trinajstić information content (AvgIpc) is 3.05. The molecule has 6 N–H and O–H groups in total. The Balaban J connectivity index is 2.05. The van der Waals surface area contributed by atoms with Gasteiger partial charge < -0.3 is 21.3 Å². The topological polar surface area (TPSA) is 133 Å². The van der Waals surface area contributed by atoms with Crippen molar-refractivity contribution in [3.8, 4) is 11.3 Å². The lowest BCUT2D eigenvalue weighted by molar-refractivity contribution is 0.132. The van der Waals surface area contributed by atoms with Crippen LogP contribution in [0.25, 0.3) is 22.2 Å². The third-order valence-corrected chi connectivity index (χ3v) is 3.63. The van der Waals surface area contributed by atoms with Crippen molar-refractivity contribution in [1.29, 1.82) is 0 Å². The number of aromatic nitrogens is 4. The number of nitrogens with one attached hydrogen (secondary N) is 2. The Hall–Kier alpha value is -2.71. The van der Waals surface area contributed by atoms with Gasteiger partial charge in [-0.25, -0.2) is 4.98 Å². The van der Waals surface area contributed by atoms with Crippen molar-refractivity contribution in [3.05, 3.63) is 30.5 Å². The molecule has 0 saturated carbocycles. The Morgan fingerprint density at radius 2 is 2.13 bits per heavy atom. The van der Waals surface area contributed by atoms with E-state index in [4.69, 9.17) is 5.73 Å². The number of H-pyrrole nitrogens is 1. The van der Waals surface area contributed by atoms with Gasteiger partial charge in [-0.3, -0.25) is 5.10 Å². The zero-order valence-electron chi connectivity index (χ0n) is 12.6. The molecule has 23 heavy (non-hydrogen) atoms. The van der Waals surface area contributed by atoms with Gasteiger partial charge in [-0.1, -0.05) is 6.07 Å². The van der Waals surface area contributed by atoms with Crippen molar-refractivity contribution in [2.45, 2.75) is 19.1 Å². The van der Waals surface area contributed by atoms with Gasteiger partial charge in [0.1, 0.15) is 5.82 Å². The van der Waals surface area contributed by atoms with Crippen molar-refractivity contribution in [3.63, 3.8) is 0 Å². The van der Waals surface area contributed by atoms with Gasteiger partial charge in [0, 0.05) is 17.1 Å². The van der Waals surface area contributed by atoms with E-state index in [9.17, 15) is 10.2 Å². The van der Waals surface area contributed by atoms with Crippen molar-refractivity contribution >= 4 is 22.7 Å². The maximum atomic E-state index is 9.68. The Kier molecular flexibility index (Phi) is 4.09. The van der Waals surface area contributed by atoms with Crippen LogP contribution in [0.5, 0.6) is 0 Å². The van der Waals surface area contributed by atoms with E-state index in [2.05, 4.69) is 25.5 Å². The fraction of sp³-hybridized carbons (Fsp3) is 0.267. The largest absolute Gasteiger partial charge is 0.394 e. The van der Waals surface area contributed by atoms with Crippen LogP contribution in [-0.4, -0.2) is 49.1 Å². The number of nitrogens with zero attached hydrogens (tertiary/aromatic N) is 3. The molecule has 0 aliphatic rings. The van der Waals surface area contributed by atoms with E-state index < -0.39 is 12.1 Å². The Bertz CT molecular complexity index is 803. The highest BCUT2D eigenvalue weighted by molar-refractivity contribution is 5.92. The molecule has 0 unspecified atom stereocenters. The average molecular weight is 314 g/mol. The molecule has 0 spiro atoms. The summed E-state index contributed by atoms with van der Waals surface area (Å²) < 4.78 is 0. The summed E-state index contributed by atoms with van der Waals surface area (Å²) in [5.41, 5.74) is 8.24. The van der Waals surface area contributed by atoms with Gasteiger partial charge in [-0.05, 0) is 25.1 Å². The van der Waals surface area contributed by atoms with Crippen LogP contribution in [0, 0.1) is 0 Å². The van der Waals surface area contributed by atoms with E-state index in [0.29, 0.717) is 11.3 Å². The van der Waals surface area contributed by atoms with Gasteiger partial charge in [0.2, 0.25) is 5.95 Å². The van der Waals surface area contributed by atoms with Crippen LogP contribution >= 0.6 is 0 Å². The summed E-state index contributed by atoms with van der Waals surface area (Å²) in [5, 5.41) is 29.6. The number of anilines is 2. The van der Waals surface area contributed by atoms with Crippen molar-refractivity contribution in [1.82, 2.24) is 20.2 Å². The van der Waals surface area contributed by atoms with Crippen LogP contribution in [-0.2, 0) is 0 Å². The second kappa shape index (κ2) is 6.19. The molecular formula is C15H18N6O2. The molecule has 8 nitrogen and oxygen atoms in total. The number of hydrogen-bond acceptors (Lipinski definition) is 7. The molecule has 0 aliphatic carbocycles. The minimum atomic E-state index is -0.740. The maximum absolute atomic E-state index is 9.68. The Morgan fingerprint density at radius 3 is 2.78 bits per heavy atom. The number of nitrogen functional groups attached to an aromatic ring is 1. The molecule has 8 heteroatoms. The molecule has 3 aromatic rings. The predicted molar refractivity (Wildman–Crippen MR) is 87.7 cm³/mol. The first-order valence-corrected chi connectivity index (χ1v) is 7.21. The van der Waals surface area contributed by atoms with E-state index in [1.807, 2.05) is 24.3 Å². The molecule has 2 atom stereocenters. The summed E-state index contributed by atoms with van der Waals surface area (Å²) in [5.74, 6) is 0.590. The quantitative estimate of drug-likeness (QED) is 0.469. The first-order valence-electron chi connectivity index (χ1n) is 7.21. The number of nitrogens with two attached hydrogens (primary N) is 1. The second-order valence-corrected chi connectivity index (χ2v) is 5.31. The molecular weight excluding hydrogens is 296 g/mol. The standard InChI is InChI=1S/C15H18N6O2/c1-8(23)13(7-22)18-14-10-3-2-9(11-4-5-17-21-11)6-12(10)19-15(16)20-14/h2-6,8,13,22-23H,7H2,1H3,(H,17,21)(H3,16,18,19,20)/t8-,13-/m1/s1. The van der Waals surface area contributed by atoms with E-state index in [1.54, 1.807) is 13.1 Å². The number of aliphatic hydroxyl groups excluding tert-OH is 2. The number of aromatic amines is 1. The van der Waals surface area contributed by atoms with E-state index in [0.717, 1.165) is 16.6 Å². The van der Waals surface area contributed by atoms with Crippen LogP contribution < -0.4 is 11.1 Å². The molecule has 0 fully saturated rings. The smallest absolute Gasteiger partial charge is 0.222 e. The highest BCUT2D eigenvalue weighted by atomic mass is 16.3. The van der Waals surface area contributed by atoms with Crippen LogP contribution in [0.4, 0.5) is 11.8 Å². The number of benzene rings is 1. The lowest BCUT2D eigenvalue weighted by atomic mass is 10.1. The lowest BCUT2D eigenvalue weighted by Gasteiger charge is -2.20.